The molecule has 0 aliphatic carbocycles. The molecular weight excluding hydrogens is 287 g/mol. The van der Waals surface area contributed by atoms with Crippen molar-refractivity contribution in [3.63, 3.8) is 0 Å². The fraction of sp³-hybridized carbons (Fsp3) is 0.385. The summed E-state index contributed by atoms with van der Waals surface area (Å²) in [6.45, 7) is 4.44. The highest BCUT2D eigenvalue weighted by Gasteiger charge is 2.37. The summed E-state index contributed by atoms with van der Waals surface area (Å²) in [5.41, 5.74) is 0.706. The predicted molar refractivity (Wildman–Crippen MR) is 72.5 cm³/mol. The number of pyridine rings is 1. The van der Waals surface area contributed by atoms with E-state index in [4.69, 9.17) is 0 Å². The third-order valence-corrected chi connectivity index (χ3v) is 3.84. The molecule has 0 saturated heterocycles. The molecule has 0 aromatic carbocycles. The maximum atomic E-state index is 13.0. The van der Waals surface area contributed by atoms with Gasteiger partial charge in [-0.25, -0.2) is 4.98 Å². The summed E-state index contributed by atoms with van der Waals surface area (Å²) < 4.78 is 39.0. The highest BCUT2D eigenvalue weighted by Crippen LogP contribution is 2.38. The Balaban J connectivity index is 2.46. The van der Waals surface area contributed by atoms with Gasteiger partial charge in [0, 0.05) is 24.5 Å². The smallest absolute Gasteiger partial charge is 0.312 e. The molecule has 0 radical (unpaired) electrons. The number of thiazole rings is 1. The number of nitrogens with zero attached hydrogens (tertiary/aromatic N) is 2. The monoisotopic (exact) mass is 301 g/mol. The van der Waals surface area contributed by atoms with Crippen LogP contribution in [-0.2, 0) is 12.7 Å². The number of hydrogen-bond donors (Lipinski definition) is 1. The van der Waals surface area contributed by atoms with E-state index in [-0.39, 0.29) is 11.4 Å². The zero-order valence-electron chi connectivity index (χ0n) is 11.1. The largest absolute Gasteiger partial charge is 0.434 e. The molecule has 0 aliphatic rings. The second kappa shape index (κ2) is 5.88. The molecule has 2 rings (SSSR count). The van der Waals surface area contributed by atoms with E-state index in [1.807, 2.05) is 6.92 Å². The van der Waals surface area contributed by atoms with Gasteiger partial charge < -0.3 is 5.32 Å². The lowest BCUT2D eigenvalue weighted by molar-refractivity contribution is -0.141. The molecule has 0 atom stereocenters. The van der Waals surface area contributed by atoms with Crippen LogP contribution in [0.2, 0.25) is 0 Å². The topological polar surface area (TPSA) is 37.8 Å². The molecule has 1 N–H and O–H groups in total. The molecule has 0 fully saturated rings. The Bertz CT molecular complexity index is 593. The zero-order chi connectivity index (χ0) is 14.8. The summed E-state index contributed by atoms with van der Waals surface area (Å²) >= 11 is 1.07. The third kappa shape index (κ3) is 3.16. The fourth-order valence-corrected chi connectivity index (χ4v) is 2.90. The second-order valence-electron chi connectivity index (χ2n) is 4.26. The van der Waals surface area contributed by atoms with Crippen molar-refractivity contribution >= 4 is 11.3 Å². The summed E-state index contributed by atoms with van der Waals surface area (Å²) in [6, 6.07) is 1.69. The quantitative estimate of drug-likeness (QED) is 0.937. The standard InChI is InChI=1S/C13H14F3N3S/c1-3-17-7-10-11(13(14,15)16)19-12(20-10)9-4-5-18-6-8(9)2/h4-6,17H,3,7H2,1-2H3. The average Bonchev–Trinajstić information content (AvgIpc) is 2.80. The first kappa shape index (κ1) is 14.9. The van der Waals surface area contributed by atoms with Crippen LogP contribution in [0.25, 0.3) is 10.6 Å². The minimum absolute atomic E-state index is 0.174. The Kier molecular flexibility index (Phi) is 4.39. The van der Waals surface area contributed by atoms with Gasteiger partial charge in [-0.3, -0.25) is 4.98 Å². The van der Waals surface area contributed by atoms with Gasteiger partial charge >= 0.3 is 6.18 Å². The first-order chi connectivity index (χ1) is 9.43. The van der Waals surface area contributed by atoms with Crippen LogP contribution in [0.5, 0.6) is 0 Å². The van der Waals surface area contributed by atoms with Gasteiger partial charge in [0.2, 0.25) is 0 Å². The van der Waals surface area contributed by atoms with Crippen molar-refractivity contribution in [3.05, 3.63) is 34.6 Å². The lowest BCUT2D eigenvalue weighted by atomic mass is 10.2. The summed E-state index contributed by atoms with van der Waals surface area (Å²) in [6.07, 6.45) is -1.25. The van der Waals surface area contributed by atoms with Crippen molar-refractivity contribution in [3.8, 4) is 10.6 Å². The van der Waals surface area contributed by atoms with E-state index in [2.05, 4.69) is 15.3 Å². The maximum absolute atomic E-state index is 13.0. The highest BCUT2D eigenvalue weighted by atomic mass is 32.1. The van der Waals surface area contributed by atoms with E-state index in [0.717, 1.165) is 16.9 Å². The Labute approximate surface area is 118 Å². The first-order valence-electron chi connectivity index (χ1n) is 6.12. The lowest BCUT2D eigenvalue weighted by Gasteiger charge is -2.05. The van der Waals surface area contributed by atoms with Crippen molar-refractivity contribution in [1.82, 2.24) is 15.3 Å². The van der Waals surface area contributed by atoms with E-state index in [9.17, 15) is 13.2 Å². The SMILES string of the molecule is CCNCc1sc(-c2ccncc2C)nc1C(F)(F)F. The van der Waals surface area contributed by atoms with Crippen LogP contribution in [0.4, 0.5) is 13.2 Å². The molecule has 2 aromatic heterocycles. The number of hydrogen-bond acceptors (Lipinski definition) is 4. The van der Waals surface area contributed by atoms with Crippen LogP contribution in [0.15, 0.2) is 18.5 Å². The number of aromatic nitrogens is 2. The van der Waals surface area contributed by atoms with Crippen molar-refractivity contribution in [2.45, 2.75) is 26.6 Å². The third-order valence-electron chi connectivity index (χ3n) is 2.75. The lowest BCUT2D eigenvalue weighted by Crippen LogP contribution is -2.15. The molecule has 20 heavy (non-hydrogen) atoms. The molecule has 0 aliphatic heterocycles. The highest BCUT2D eigenvalue weighted by molar-refractivity contribution is 7.15. The van der Waals surface area contributed by atoms with Gasteiger partial charge in [-0.05, 0) is 25.1 Å². The molecule has 2 aromatic rings. The summed E-state index contributed by atoms with van der Waals surface area (Å²) in [5, 5.41) is 3.29. The number of halogens is 3. The molecule has 2 heterocycles. The minimum atomic E-state index is -4.43. The van der Waals surface area contributed by atoms with E-state index >= 15 is 0 Å². The van der Waals surface area contributed by atoms with Gasteiger partial charge in [-0.1, -0.05) is 6.92 Å². The molecule has 3 nitrogen and oxygen atoms in total. The Morgan fingerprint density at radius 2 is 2.10 bits per heavy atom. The summed E-state index contributed by atoms with van der Waals surface area (Å²) in [7, 11) is 0. The molecule has 108 valence electrons. The van der Waals surface area contributed by atoms with Gasteiger partial charge in [-0.2, -0.15) is 13.2 Å². The maximum Gasteiger partial charge on any atom is 0.434 e. The van der Waals surface area contributed by atoms with E-state index in [1.165, 1.54) is 0 Å². The fourth-order valence-electron chi connectivity index (χ4n) is 1.76. The Morgan fingerprint density at radius 3 is 2.70 bits per heavy atom. The molecule has 0 amide bonds. The van der Waals surface area contributed by atoms with Crippen molar-refractivity contribution in [1.29, 1.82) is 0 Å². The number of alkyl halides is 3. The van der Waals surface area contributed by atoms with Crippen LogP contribution in [0.1, 0.15) is 23.1 Å². The van der Waals surface area contributed by atoms with Gasteiger partial charge in [-0.15, -0.1) is 11.3 Å². The van der Waals surface area contributed by atoms with Crippen LogP contribution < -0.4 is 5.32 Å². The van der Waals surface area contributed by atoms with Crippen LogP contribution in [-0.4, -0.2) is 16.5 Å². The second-order valence-corrected chi connectivity index (χ2v) is 5.34. The molecule has 7 heteroatoms. The van der Waals surface area contributed by atoms with Crippen molar-refractivity contribution < 1.29 is 13.2 Å². The number of rotatable bonds is 4. The molecule has 0 spiro atoms. The average molecular weight is 301 g/mol. The predicted octanol–water partition coefficient (Wildman–Crippen LogP) is 3.64. The van der Waals surface area contributed by atoms with Crippen molar-refractivity contribution in [2.24, 2.45) is 0 Å². The van der Waals surface area contributed by atoms with E-state index < -0.39 is 11.9 Å². The van der Waals surface area contributed by atoms with Crippen LogP contribution in [0, 0.1) is 6.92 Å². The Morgan fingerprint density at radius 1 is 1.35 bits per heavy atom. The minimum Gasteiger partial charge on any atom is -0.312 e. The normalized spacial score (nSPS) is 11.8. The van der Waals surface area contributed by atoms with Gasteiger partial charge in [0.25, 0.3) is 0 Å². The first-order valence-corrected chi connectivity index (χ1v) is 6.93. The van der Waals surface area contributed by atoms with Gasteiger partial charge in [0.1, 0.15) is 5.01 Å². The molecule has 0 bridgehead atoms. The van der Waals surface area contributed by atoms with Gasteiger partial charge in [0.15, 0.2) is 5.69 Å². The summed E-state index contributed by atoms with van der Waals surface area (Å²) in [5.74, 6) is 0. The van der Waals surface area contributed by atoms with Gasteiger partial charge in [0.05, 0.1) is 4.88 Å². The molecular formula is C13H14F3N3S. The van der Waals surface area contributed by atoms with E-state index in [0.29, 0.717) is 17.1 Å². The zero-order valence-corrected chi connectivity index (χ0v) is 11.9. The summed E-state index contributed by atoms with van der Waals surface area (Å²) in [4.78, 5) is 7.94. The Hall–Kier alpha value is -1.47. The molecule has 0 unspecified atom stereocenters. The van der Waals surface area contributed by atoms with Crippen molar-refractivity contribution in [2.75, 3.05) is 6.54 Å². The number of nitrogens with one attached hydrogen (secondary N) is 1. The van der Waals surface area contributed by atoms with Crippen LogP contribution in [0.3, 0.4) is 0 Å². The molecule has 0 saturated carbocycles. The number of aryl methyl sites for hydroxylation is 1. The van der Waals surface area contributed by atoms with E-state index in [1.54, 1.807) is 25.4 Å². The van der Waals surface area contributed by atoms with Crippen LogP contribution >= 0.6 is 11.3 Å².